The van der Waals surface area contributed by atoms with E-state index in [0.717, 1.165) is 36.3 Å². The average molecular weight is 352 g/mol. The van der Waals surface area contributed by atoms with Gasteiger partial charge in [0.1, 0.15) is 5.82 Å². The van der Waals surface area contributed by atoms with E-state index in [1.165, 1.54) is 7.05 Å². The van der Waals surface area contributed by atoms with Gasteiger partial charge in [-0.2, -0.15) is 28.5 Å². The van der Waals surface area contributed by atoms with Crippen LogP contribution in [0.25, 0.3) is 11.0 Å². The van der Waals surface area contributed by atoms with Gasteiger partial charge in [0.2, 0.25) is 0 Å². The Balaban J connectivity index is 1.70. The number of H-pyrrole nitrogens is 1. The second kappa shape index (κ2) is 5.60. The van der Waals surface area contributed by atoms with Crippen molar-refractivity contribution in [3.63, 3.8) is 0 Å². The zero-order valence-corrected chi connectivity index (χ0v) is 13.3. The van der Waals surface area contributed by atoms with Gasteiger partial charge in [0.05, 0.1) is 17.3 Å². The van der Waals surface area contributed by atoms with Crippen molar-refractivity contribution >= 4 is 28.4 Å². The van der Waals surface area contributed by atoms with Crippen LogP contribution in [0.2, 0.25) is 0 Å². The van der Waals surface area contributed by atoms with Gasteiger partial charge in [0.25, 0.3) is 0 Å². The molecule has 4 rings (SSSR count). The number of aromatic nitrogens is 6. The highest BCUT2D eigenvalue weighted by atomic mass is 19.4. The molecule has 0 spiro atoms. The van der Waals surface area contributed by atoms with E-state index in [9.17, 15) is 13.2 Å². The van der Waals surface area contributed by atoms with E-state index in [1.807, 2.05) is 0 Å². The Labute approximate surface area is 140 Å². The zero-order chi connectivity index (χ0) is 17.6. The van der Waals surface area contributed by atoms with Gasteiger partial charge in [0, 0.05) is 26.2 Å². The molecule has 1 aliphatic heterocycles. The quantitative estimate of drug-likeness (QED) is 0.753. The lowest BCUT2D eigenvalue weighted by molar-refractivity contribution is -0.140. The normalized spacial score (nSPS) is 15.3. The highest BCUT2D eigenvalue weighted by Gasteiger charge is 2.38. The number of fused-ring (bicyclic) bond motifs is 1. The summed E-state index contributed by atoms with van der Waals surface area (Å²) >= 11 is 0. The van der Waals surface area contributed by atoms with Crippen molar-refractivity contribution in [3.05, 3.63) is 18.0 Å². The van der Waals surface area contributed by atoms with Crippen molar-refractivity contribution < 1.29 is 13.2 Å². The van der Waals surface area contributed by atoms with Crippen LogP contribution in [-0.2, 0) is 13.2 Å². The number of nitrogens with zero attached hydrogens (tertiary/aromatic N) is 6. The molecule has 4 heterocycles. The van der Waals surface area contributed by atoms with E-state index in [-0.39, 0.29) is 16.9 Å². The minimum absolute atomic E-state index is 0.0864. The predicted octanol–water partition coefficient (Wildman–Crippen LogP) is 2.45. The van der Waals surface area contributed by atoms with Crippen molar-refractivity contribution in [1.82, 2.24) is 30.2 Å². The molecule has 3 aromatic heterocycles. The fourth-order valence-electron chi connectivity index (χ4n) is 3.02. The third-order valence-corrected chi connectivity index (χ3v) is 4.17. The fraction of sp³-hybridized carbons (Fsp3) is 0.429. The molecule has 1 fully saturated rings. The molecule has 3 aromatic rings. The first-order chi connectivity index (χ1) is 11.9. The third-order valence-electron chi connectivity index (χ3n) is 4.17. The highest BCUT2D eigenvalue weighted by molar-refractivity contribution is 5.92. The van der Waals surface area contributed by atoms with Crippen molar-refractivity contribution in [2.45, 2.75) is 19.0 Å². The SMILES string of the molecule is Cn1nc(C(F)(F)F)c2c(Nc3cc(N4CCCC4)cnn3)[nH]nc21. The zero-order valence-electron chi connectivity index (χ0n) is 13.3. The van der Waals surface area contributed by atoms with E-state index in [2.05, 4.69) is 35.7 Å². The molecule has 25 heavy (non-hydrogen) atoms. The smallest absolute Gasteiger partial charge is 0.370 e. The molecule has 11 heteroatoms. The summed E-state index contributed by atoms with van der Waals surface area (Å²) in [5.41, 5.74) is -0.00335. The third kappa shape index (κ3) is 2.75. The Kier molecular flexibility index (Phi) is 3.51. The standard InChI is InChI=1S/C14H15F3N8/c1-24-13-10(11(23-24)14(15,16)17)12(21-22-13)19-9-6-8(7-18-20-9)25-4-2-3-5-25/h6-7H,2-5H2,1H3,(H2,19,20,21,22). The molecule has 0 atom stereocenters. The lowest BCUT2D eigenvalue weighted by atomic mass is 10.3. The lowest BCUT2D eigenvalue weighted by Crippen LogP contribution is -2.18. The van der Waals surface area contributed by atoms with Crippen molar-refractivity contribution in [2.24, 2.45) is 7.05 Å². The van der Waals surface area contributed by atoms with E-state index in [1.54, 1.807) is 12.3 Å². The number of aryl methyl sites for hydroxylation is 1. The van der Waals surface area contributed by atoms with E-state index < -0.39 is 11.9 Å². The van der Waals surface area contributed by atoms with Crippen LogP contribution < -0.4 is 10.2 Å². The average Bonchev–Trinajstić information content (AvgIpc) is 3.27. The molecule has 0 aromatic carbocycles. The summed E-state index contributed by atoms with van der Waals surface area (Å²) in [5, 5.41) is 20.6. The Bertz CT molecular complexity index is 907. The maximum atomic E-state index is 13.2. The van der Waals surface area contributed by atoms with Gasteiger partial charge in [-0.1, -0.05) is 0 Å². The summed E-state index contributed by atoms with van der Waals surface area (Å²) in [7, 11) is 1.41. The number of alkyl halides is 3. The van der Waals surface area contributed by atoms with Crippen LogP contribution >= 0.6 is 0 Å². The van der Waals surface area contributed by atoms with Crippen LogP contribution in [0.5, 0.6) is 0 Å². The van der Waals surface area contributed by atoms with Crippen molar-refractivity contribution in [2.75, 3.05) is 23.3 Å². The minimum Gasteiger partial charge on any atom is -0.370 e. The molecular formula is C14H15F3N8. The second-order valence-corrected chi connectivity index (χ2v) is 5.89. The van der Waals surface area contributed by atoms with Crippen LogP contribution in [0.3, 0.4) is 0 Å². The molecule has 0 amide bonds. The predicted molar refractivity (Wildman–Crippen MR) is 84.6 cm³/mol. The number of nitrogens with one attached hydrogen (secondary N) is 2. The number of halogens is 3. The summed E-state index contributed by atoms with van der Waals surface area (Å²) in [4.78, 5) is 2.16. The summed E-state index contributed by atoms with van der Waals surface area (Å²) in [6.07, 6.45) is -0.721. The van der Waals surface area contributed by atoms with Gasteiger partial charge in [-0.25, -0.2) is 4.68 Å². The number of aromatic amines is 1. The number of anilines is 3. The Morgan fingerprint density at radius 1 is 1.24 bits per heavy atom. The van der Waals surface area contributed by atoms with Gasteiger partial charge < -0.3 is 10.2 Å². The second-order valence-electron chi connectivity index (χ2n) is 5.89. The van der Waals surface area contributed by atoms with Crippen LogP contribution in [0.4, 0.5) is 30.5 Å². The Hall–Kier alpha value is -2.85. The molecule has 0 saturated carbocycles. The van der Waals surface area contributed by atoms with E-state index >= 15 is 0 Å². The van der Waals surface area contributed by atoms with Gasteiger partial charge in [-0.05, 0) is 12.8 Å². The largest absolute Gasteiger partial charge is 0.435 e. The first-order valence-corrected chi connectivity index (χ1v) is 7.76. The van der Waals surface area contributed by atoms with E-state index in [4.69, 9.17) is 0 Å². The molecule has 8 nitrogen and oxygen atoms in total. The molecule has 132 valence electrons. The number of hydrogen-bond acceptors (Lipinski definition) is 6. The molecule has 0 aliphatic carbocycles. The van der Waals surface area contributed by atoms with E-state index in [0.29, 0.717) is 5.82 Å². The van der Waals surface area contributed by atoms with Crippen LogP contribution in [0.15, 0.2) is 12.3 Å². The van der Waals surface area contributed by atoms with Gasteiger partial charge in [-0.15, -0.1) is 5.10 Å². The lowest BCUT2D eigenvalue weighted by Gasteiger charge is -2.17. The minimum atomic E-state index is -4.58. The van der Waals surface area contributed by atoms with Gasteiger partial charge in [-0.3, -0.25) is 5.10 Å². The first-order valence-electron chi connectivity index (χ1n) is 7.76. The molecule has 0 unspecified atom stereocenters. The van der Waals surface area contributed by atoms with Crippen LogP contribution in [0, 0.1) is 0 Å². The molecule has 1 aliphatic rings. The summed E-state index contributed by atoms with van der Waals surface area (Å²) in [6.45, 7) is 1.86. The monoisotopic (exact) mass is 352 g/mol. The fourth-order valence-corrected chi connectivity index (χ4v) is 3.02. The maximum absolute atomic E-state index is 13.2. The summed E-state index contributed by atoms with van der Waals surface area (Å²) < 4.78 is 40.7. The first kappa shape index (κ1) is 15.7. The molecule has 0 bridgehead atoms. The molecule has 0 radical (unpaired) electrons. The Morgan fingerprint density at radius 3 is 2.72 bits per heavy atom. The van der Waals surface area contributed by atoms with Crippen molar-refractivity contribution in [3.8, 4) is 0 Å². The maximum Gasteiger partial charge on any atom is 0.435 e. The van der Waals surface area contributed by atoms with Gasteiger partial charge >= 0.3 is 6.18 Å². The van der Waals surface area contributed by atoms with Crippen molar-refractivity contribution in [1.29, 1.82) is 0 Å². The summed E-state index contributed by atoms with van der Waals surface area (Å²) in [6, 6.07) is 1.76. The van der Waals surface area contributed by atoms with Gasteiger partial charge in [0.15, 0.2) is 17.2 Å². The molecular weight excluding hydrogens is 337 g/mol. The highest BCUT2D eigenvalue weighted by Crippen LogP contribution is 2.37. The molecule has 1 saturated heterocycles. The summed E-state index contributed by atoms with van der Waals surface area (Å²) in [5.74, 6) is 0.426. The molecule has 2 N–H and O–H groups in total. The topological polar surface area (TPSA) is 87.5 Å². The number of rotatable bonds is 3. The van der Waals surface area contributed by atoms with Crippen LogP contribution in [0.1, 0.15) is 18.5 Å². The number of hydrogen-bond donors (Lipinski definition) is 2. The Morgan fingerprint density at radius 2 is 2.00 bits per heavy atom. The van der Waals surface area contributed by atoms with Crippen LogP contribution in [-0.4, -0.2) is 43.3 Å².